The molecule has 5 heteroatoms. The monoisotopic (exact) mass is 432 g/mol. The number of rotatable bonds is 8. The maximum Gasteiger partial charge on any atom is 0.255 e. The highest BCUT2D eigenvalue weighted by Crippen LogP contribution is 2.28. The first-order valence-corrected chi connectivity index (χ1v) is 11.6. The number of quaternary nitrogens is 1. The molecule has 0 bridgehead atoms. The Kier molecular flexibility index (Phi) is 6.96. The molecule has 1 fully saturated rings. The lowest BCUT2D eigenvalue weighted by atomic mass is 10.0. The van der Waals surface area contributed by atoms with Crippen molar-refractivity contribution in [3.05, 3.63) is 71.8 Å². The Morgan fingerprint density at radius 3 is 2.44 bits per heavy atom. The Morgan fingerprint density at radius 1 is 1.03 bits per heavy atom. The van der Waals surface area contributed by atoms with Crippen molar-refractivity contribution in [1.82, 2.24) is 5.32 Å². The number of carbonyl (C=O) groups is 1. The Labute approximate surface area is 191 Å². The van der Waals surface area contributed by atoms with Crippen LogP contribution in [0.15, 0.2) is 60.7 Å². The van der Waals surface area contributed by atoms with Crippen molar-refractivity contribution < 1.29 is 14.4 Å². The number of hydrogen-bond donors (Lipinski definition) is 2. The van der Waals surface area contributed by atoms with E-state index < -0.39 is 0 Å². The summed E-state index contributed by atoms with van der Waals surface area (Å²) in [7, 11) is 4.11. The van der Waals surface area contributed by atoms with Gasteiger partial charge in [-0.2, -0.15) is 0 Å². The molecule has 1 aliphatic rings. The first kappa shape index (κ1) is 22.2. The SMILES string of the molecule is CCOc1ccc2ccccc2c1C(=O)NC[C@@H](c1ccc(N(C)C)cc1)[NH+]1CCCC1. The van der Waals surface area contributed by atoms with Crippen LogP contribution < -0.4 is 19.9 Å². The number of amides is 1. The van der Waals surface area contributed by atoms with E-state index >= 15 is 0 Å². The van der Waals surface area contributed by atoms with Crippen LogP contribution >= 0.6 is 0 Å². The molecule has 0 saturated carbocycles. The van der Waals surface area contributed by atoms with Crippen LogP contribution in [0.5, 0.6) is 5.75 Å². The maximum atomic E-state index is 13.4. The molecular formula is C27H34N3O2+. The normalized spacial score (nSPS) is 15.0. The Hall–Kier alpha value is -3.05. The maximum absolute atomic E-state index is 13.4. The molecule has 1 saturated heterocycles. The largest absolute Gasteiger partial charge is 0.493 e. The molecule has 0 spiro atoms. The summed E-state index contributed by atoms with van der Waals surface area (Å²) in [6.07, 6.45) is 2.49. The van der Waals surface area contributed by atoms with Gasteiger partial charge in [0.2, 0.25) is 0 Å². The van der Waals surface area contributed by atoms with E-state index in [-0.39, 0.29) is 11.9 Å². The summed E-state index contributed by atoms with van der Waals surface area (Å²) < 4.78 is 5.82. The van der Waals surface area contributed by atoms with Gasteiger partial charge in [0.1, 0.15) is 11.8 Å². The highest BCUT2D eigenvalue weighted by molar-refractivity contribution is 6.09. The van der Waals surface area contributed by atoms with Crippen LogP contribution in [0.1, 0.15) is 41.7 Å². The van der Waals surface area contributed by atoms with E-state index in [1.54, 1.807) is 4.90 Å². The molecule has 32 heavy (non-hydrogen) atoms. The third kappa shape index (κ3) is 4.73. The highest BCUT2D eigenvalue weighted by atomic mass is 16.5. The fourth-order valence-electron chi connectivity index (χ4n) is 4.72. The van der Waals surface area contributed by atoms with Crippen molar-refractivity contribution in [2.45, 2.75) is 25.8 Å². The summed E-state index contributed by atoms with van der Waals surface area (Å²) in [5.41, 5.74) is 3.09. The fourth-order valence-corrected chi connectivity index (χ4v) is 4.72. The van der Waals surface area contributed by atoms with Crippen LogP contribution in [0.4, 0.5) is 5.69 Å². The van der Waals surface area contributed by atoms with Crippen LogP contribution in [0, 0.1) is 0 Å². The number of nitrogens with one attached hydrogen (secondary N) is 2. The number of hydrogen-bond acceptors (Lipinski definition) is 3. The molecule has 5 nitrogen and oxygen atoms in total. The van der Waals surface area contributed by atoms with Crippen molar-refractivity contribution in [2.24, 2.45) is 0 Å². The molecule has 1 atom stereocenters. The first-order valence-electron chi connectivity index (χ1n) is 11.6. The fraction of sp³-hybridized carbons (Fsp3) is 0.370. The summed E-state index contributed by atoms with van der Waals surface area (Å²) in [6, 6.07) is 20.9. The van der Waals surface area contributed by atoms with E-state index in [9.17, 15) is 4.79 Å². The molecule has 0 aliphatic carbocycles. The molecule has 0 unspecified atom stereocenters. The number of anilines is 1. The van der Waals surface area contributed by atoms with Crippen molar-refractivity contribution in [2.75, 3.05) is 45.2 Å². The lowest BCUT2D eigenvalue weighted by Crippen LogP contribution is -3.11. The van der Waals surface area contributed by atoms with Crippen LogP contribution in [-0.2, 0) is 0 Å². The summed E-state index contributed by atoms with van der Waals surface area (Å²) in [5.74, 6) is 0.572. The second-order valence-electron chi connectivity index (χ2n) is 8.71. The predicted molar refractivity (Wildman–Crippen MR) is 131 cm³/mol. The molecule has 3 aromatic rings. The summed E-state index contributed by atoms with van der Waals surface area (Å²) in [5, 5.41) is 5.22. The molecule has 3 aromatic carbocycles. The van der Waals surface area contributed by atoms with Gasteiger partial charge in [0, 0.05) is 38.2 Å². The van der Waals surface area contributed by atoms with Crippen molar-refractivity contribution in [1.29, 1.82) is 0 Å². The van der Waals surface area contributed by atoms with E-state index in [1.807, 2.05) is 43.3 Å². The zero-order valence-corrected chi connectivity index (χ0v) is 19.4. The smallest absolute Gasteiger partial charge is 0.255 e. The van der Waals surface area contributed by atoms with Crippen molar-refractivity contribution in [3.8, 4) is 5.75 Å². The van der Waals surface area contributed by atoms with Gasteiger partial charge < -0.3 is 19.9 Å². The van der Waals surface area contributed by atoms with E-state index in [2.05, 4.69) is 48.6 Å². The third-order valence-electron chi connectivity index (χ3n) is 6.43. The van der Waals surface area contributed by atoms with Crippen LogP contribution in [0.25, 0.3) is 10.8 Å². The molecule has 168 valence electrons. The van der Waals surface area contributed by atoms with E-state index in [0.717, 1.165) is 23.9 Å². The molecule has 2 N–H and O–H groups in total. The molecule has 1 aliphatic heterocycles. The second-order valence-corrected chi connectivity index (χ2v) is 8.71. The average molecular weight is 433 g/mol. The van der Waals surface area contributed by atoms with Gasteiger partial charge in [0.05, 0.1) is 31.8 Å². The molecule has 4 rings (SSSR count). The lowest BCUT2D eigenvalue weighted by Gasteiger charge is -2.26. The minimum atomic E-state index is -0.0706. The number of likely N-dealkylation sites (tertiary alicyclic amines) is 1. The Balaban J connectivity index is 1.59. The van der Waals surface area contributed by atoms with Crippen molar-refractivity contribution in [3.63, 3.8) is 0 Å². The second kappa shape index (κ2) is 10.0. The van der Waals surface area contributed by atoms with Crippen LogP contribution in [0.2, 0.25) is 0 Å². The van der Waals surface area contributed by atoms with Gasteiger partial charge in [-0.1, -0.05) is 42.5 Å². The highest BCUT2D eigenvalue weighted by Gasteiger charge is 2.28. The molecular weight excluding hydrogens is 398 g/mol. The Morgan fingerprint density at radius 2 is 1.75 bits per heavy atom. The van der Waals surface area contributed by atoms with Gasteiger partial charge in [-0.3, -0.25) is 4.79 Å². The van der Waals surface area contributed by atoms with Gasteiger partial charge in [0.15, 0.2) is 0 Å². The van der Waals surface area contributed by atoms with Gasteiger partial charge in [0.25, 0.3) is 5.91 Å². The summed E-state index contributed by atoms with van der Waals surface area (Å²) in [4.78, 5) is 17.1. The number of carbonyl (C=O) groups excluding carboxylic acids is 1. The van der Waals surface area contributed by atoms with Crippen molar-refractivity contribution >= 4 is 22.4 Å². The first-order chi connectivity index (χ1) is 15.6. The molecule has 0 aromatic heterocycles. The van der Waals surface area contributed by atoms with Gasteiger partial charge in [-0.15, -0.1) is 0 Å². The Bertz CT molecular complexity index is 1060. The third-order valence-corrected chi connectivity index (χ3v) is 6.43. The van der Waals surface area contributed by atoms with E-state index in [0.29, 0.717) is 24.5 Å². The van der Waals surface area contributed by atoms with Gasteiger partial charge in [-0.05, 0) is 35.9 Å². The molecule has 1 heterocycles. The molecule has 1 amide bonds. The predicted octanol–water partition coefficient (Wildman–Crippen LogP) is 3.45. The topological polar surface area (TPSA) is 46.0 Å². The molecule has 0 radical (unpaired) electrons. The zero-order chi connectivity index (χ0) is 22.5. The number of nitrogens with zero attached hydrogens (tertiary/aromatic N) is 1. The van der Waals surface area contributed by atoms with Gasteiger partial charge in [-0.25, -0.2) is 0 Å². The minimum absolute atomic E-state index is 0.0706. The van der Waals surface area contributed by atoms with Crippen LogP contribution in [0.3, 0.4) is 0 Å². The number of ether oxygens (including phenoxy) is 1. The number of benzene rings is 3. The van der Waals surface area contributed by atoms with Crippen LogP contribution in [-0.4, -0.2) is 46.2 Å². The quantitative estimate of drug-likeness (QED) is 0.573. The standard InChI is InChI=1S/C27H33N3O2/c1-4-32-25-16-13-20-9-5-6-10-23(20)26(25)27(31)28-19-24(30-17-7-8-18-30)21-11-14-22(15-12-21)29(2)3/h5-6,9-16,24H,4,7-8,17-19H2,1-3H3,(H,28,31)/p+1/t24-/m0/s1. The minimum Gasteiger partial charge on any atom is -0.493 e. The van der Waals surface area contributed by atoms with E-state index in [1.165, 1.54) is 24.1 Å². The number of fused-ring (bicyclic) bond motifs is 1. The summed E-state index contributed by atoms with van der Waals surface area (Å²) >= 11 is 0. The van der Waals surface area contributed by atoms with Gasteiger partial charge >= 0.3 is 0 Å². The lowest BCUT2D eigenvalue weighted by molar-refractivity contribution is -0.918. The van der Waals surface area contributed by atoms with E-state index in [4.69, 9.17) is 4.74 Å². The average Bonchev–Trinajstić information content (AvgIpc) is 3.34. The summed E-state index contributed by atoms with van der Waals surface area (Å²) in [6.45, 7) is 5.37. The zero-order valence-electron chi connectivity index (χ0n) is 19.4.